The molecule has 0 aliphatic carbocycles. The van der Waals surface area contributed by atoms with Gasteiger partial charge in [0.05, 0.1) is 6.61 Å². The fourth-order valence-electron chi connectivity index (χ4n) is 2.09. The van der Waals surface area contributed by atoms with Gasteiger partial charge in [-0.1, -0.05) is 0 Å². The van der Waals surface area contributed by atoms with E-state index in [1.807, 2.05) is 19.9 Å². The van der Waals surface area contributed by atoms with Gasteiger partial charge in [0, 0.05) is 31.4 Å². The van der Waals surface area contributed by atoms with Crippen molar-refractivity contribution in [1.82, 2.24) is 0 Å². The lowest BCUT2D eigenvalue weighted by Crippen LogP contribution is -2.29. The van der Waals surface area contributed by atoms with Gasteiger partial charge >= 0.3 is 0 Å². The van der Waals surface area contributed by atoms with Crippen LogP contribution in [-0.2, 0) is 4.74 Å². The molecule has 0 radical (unpaired) electrons. The first-order valence-electron chi connectivity index (χ1n) is 6.89. The first-order valence-corrected chi connectivity index (χ1v) is 6.89. The van der Waals surface area contributed by atoms with Crippen LogP contribution in [0.3, 0.4) is 0 Å². The number of anilines is 1. The van der Waals surface area contributed by atoms with Crippen molar-refractivity contribution in [3.8, 4) is 0 Å². The summed E-state index contributed by atoms with van der Waals surface area (Å²) in [6.07, 6.45) is 0. The molecular formula is C15H25FN2O. The molecule has 1 atom stereocenters. The lowest BCUT2D eigenvalue weighted by molar-refractivity contribution is 0.154. The molecule has 0 bridgehead atoms. The molecule has 1 aromatic rings. The highest BCUT2D eigenvalue weighted by molar-refractivity contribution is 5.57. The molecule has 0 amide bonds. The summed E-state index contributed by atoms with van der Waals surface area (Å²) in [7, 11) is 0. The lowest BCUT2D eigenvalue weighted by atomic mass is 10.0. The number of aryl methyl sites for hydroxylation is 1. The molecule has 1 aromatic carbocycles. The zero-order chi connectivity index (χ0) is 14.4. The van der Waals surface area contributed by atoms with E-state index in [0.29, 0.717) is 18.8 Å². The Morgan fingerprint density at radius 3 is 2.58 bits per heavy atom. The van der Waals surface area contributed by atoms with Gasteiger partial charge in [-0.15, -0.1) is 0 Å². The fraction of sp³-hybridized carbons (Fsp3) is 0.600. The van der Waals surface area contributed by atoms with E-state index in [-0.39, 0.29) is 11.9 Å². The lowest BCUT2D eigenvalue weighted by Gasteiger charge is -2.27. The molecule has 4 heteroatoms. The predicted molar refractivity (Wildman–Crippen MR) is 78.1 cm³/mol. The molecule has 1 rings (SSSR count). The Balaban J connectivity index is 3.03. The highest BCUT2D eigenvalue weighted by Gasteiger charge is 2.15. The number of nitrogens with zero attached hydrogens (tertiary/aromatic N) is 1. The maximum absolute atomic E-state index is 13.7. The number of nitrogens with two attached hydrogens (primary N) is 1. The van der Waals surface area contributed by atoms with Gasteiger partial charge in [0.15, 0.2) is 0 Å². The van der Waals surface area contributed by atoms with Crippen LogP contribution < -0.4 is 10.6 Å². The summed E-state index contributed by atoms with van der Waals surface area (Å²) in [5, 5.41) is 0. The Hall–Kier alpha value is -1.13. The van der Waals surface area contributed by atoms with E-state index in [9.17, 15) is 4.39 Å². The van der Waals surface area contributed by atoms with Crippen molar-refractivity contribution in [3.05, 3.63) is 29.1 Å². The van der Waals surface area contributed by atoms with Crippen LogP contribution in [0.1, 0.15) is 37.9 Å². The SMILES string of the molecule is CCOCCN(CC)c1cc(C)c(F)cc1[C@H](C)N. The molecule has 0 aliphatic rings. The van der Waals surface area contributed by atoms with Crippen LogP contribution in [0, 0.1) is 12.7 Å². The smallest absolute Gasteiger partial charge is 0.126 e. The van der Waals surface area contributed by atoms with E-state index in [1.165, 1.54) is 0 Å². The van der Waals surface area contributed by atoms with Gasteiger partial charge in [0.25, 0.3) is 0 Å². The van der Waals surface area contributed by atoms with Crippen LogP contribution in [0.25, 0.3) is 0 Å². The van der Waals surface area contributed by atoms with Gasteiger partial charge in [0.2, 0.25) is 0 Å². The second-order valence-electron chi connectivity index (χ2n) is 4.73. The third kappa shape index (κ3) is 4.18. The average molecular weight is 268 g/mol. The van der Waals surface area contributed by atoms with Gasteiger partial charge < -0.3 is 15.4 Å². The van der Waals surface area contributed by atoms with Crippen molar-refractivity contribution >= 4 is 5.69 Å². The van der Waals surface area contributed by atoms with Crippen LogP contribution >= 0.6 is 0 Å². The largest absolute Gasteiger partial charge is 0.380 e. The summed E-state index contributed by atoms with van der Waals surface area (Å²) in [5.41, 5.74) is 8.46. The van der Waals surface area contributed by atoms with E-state index >= 15 is 0 Å². The molecule has 0 heterocycles. The number of rotatable bonds is 7. The van der Waals surface area contributed by atoms with Gasteiger partial charge in [-0.3, -0.25) is 0 Å². The van der Waals surface area contributed by atoms with E-state index in [2.05, 4.69) is 11.8 Å². The third-order valence-corrected chi connectivity index (χ3v) is 3.23. The molecule has 0 aliphatic heterocycles. The molecule has 0 aromatic heterocycles. The molecule has 2 N–H and O–H groups in total. The van der Waals surface area contributed by atoms with Crippen molar-refractivity contribution in [2.45, 2.75) is 33.7 Å². The van der Waals surface area contributed by atoms with Crippen LogP contribution in [0.4, 0.5) is 10.1 Å². The van der Waals surface area contributed by atoms with Gasteiger partial charge in [-0.2, -0.15) is 0 Å². The van der Waals surface area contributed by atoms with Crippen molar-refractivity contribution in [3.63, 3.8) is 0 Å². The maximum Gasteiger partial charge on any atom is 0.126 e. The monoisotopic (exact) mass is 268 g/mol. The van der Waals surface area contributed by atoms with E-state index in [0.717, 1.165) is 24.3 Å². The molecule has 0 fully saturated rings. The van der Waals surface area contributed by atoms with Crippen LogP contribution in [0.2, 0.25) is 0 Å². The number of likely N-dealkylation sites (N-methyl/N-ethyl adjacent to an activating group) is 1. The minimum Gasteiger partial charge on any atom is -0.380 e. The van der Waals surface area contributed by atoms with Crippen LogP contribution in [0.15, 0.2) is 12.1 Å². The minimum atomic E-state index is -0.197. The summed E-state index contributed by atoms with van der Waals surface area (Å²) in [5.74, 6) is -0.197. The number of ether oxygens (including phenoxy) is 1. The summed E-state index contributed by atoms with van der Waals surface area (Å²) in [6, 6.07) is 3.24. The number of hydrogen-bond donors (Lipinski definition) is 1. The van der Waals surface area contributed by atoms with Crippen molar-refractivity contribution in [2.75, 3.05) is 31.2 Å². The highest BCUT2D eigenvalue weighted by Crippen LogP contribution is 2.28. The Labute approximate surface area is 115 Å². The van der Waals surface area contributed by atoms with Crippen molar-refractivity contribution in [2.24, 2.45) is 5.73 Å². The Kier molecular flexibility index (Phi) is 6.25. The Morgan fingerprint density at radius 1 is 1.37 bits per heavy atom. The average Bonchev–Trinajstić information content (AvgIpc) is 2.37. The number of halogens is 1. The van der Waals surface area contributed by atoms with Crippen LogP contribution in [0.5, 0.6) is 0 Å². The topological polar surface area (TPSA) is 38.5 Å². The molecule has 108 valence electrons. The quantitative estimate of drug-likeness (QED) is 0.773. The van der Waals surface area contributed by atoms with E-state index in [4.69, 9.17) is 10.5 Å². The molecule has 19 heavy (non-hydrogen) atoms. The van der Waals surface area contributed by atoms with E-state index in [1.54, 1.807) is 13.0 Å². The normalized spacial score (nSPS) is 12.5. The zero-order valence-corrected chi connectivity index (χ0v) is 12.4. The van der Waals surface area contributed by atoms with Gasteiger partial charge in [0.1, 0.15) is 5.82 Å². The molecule has 0 unspecified atom stereocenters. The second kappa shape index (κ2) is 7.46. The first-order chi connectivity index (χ1) is 9.01. The third-order valence-electron chi connectivity index (χ3n) is 3.23. The Bertz CT molecular complexity index is 407. The summed E-state index contributed by atoms with van der Waals surface area (Å²) in [4.78, 5) is 2.18. The van der Waals surface area contributed by atoms with Crippen molar-refractivity contribution in [1.29, 1.82) is 0 Å². The zero-order valence-electron chi connectivity index (χ0n) is 12.4. The first kappa shape index (κ1) is 15.9. The van der Waals surface area contributed by atoms with Crippen molar-refractivity contribution < 1.29 is 9.13 Å². The number of benzene rings is 1. The molecule has 0 saturated carbocycles. The minimum absolute atomic E-state index is 0.189. The summed E-state index contributed by atoms with van der Waals surface area (Å²) >= 11 is 0. The number of hydrogen-bond acceptors (Lipinski definition) is 3. The van der Waals surface area contributed by atoms with Gasteiger partial charge in [-0.05, 0) is 51.0 Å². The predicted octanol–water partition coefficient (Wildman–Crippen LogP) is 3.02. The molecule has 0 saturated heterocycles. The molecular weight excluding hydrogens is 243 g/mol. The fourth-order valence-corrected chi connectivity index (χ4v) is 2.09. The maximum atomic E-state index is 13.7. The van der Waals surface area contributed by atoms with Gasteiger partial charge in [-0.25, -0.2) is 4.39 Å². The molecule has 0 spiro atoms. The summed E-state index contributed by atoms with van der Waals surface area (Å²) < 4.78 is 19.1. The summed E-state index contributed by atoms with van der Waals surface area (Å²) in [6.45, 7) is 10.7. The Morgan fingerprint density at radius 2 is 2.05 bits per heavy atom. The molecule has 3 nitrogen and oxygen atoms in total. The highest BCUT2D eigenvalue weighted by atomic mass is 19.1. The second-order valence-corrected chi connectivity index (χ2v) is 4.73. The van der Waals surface area contributed by atoms with E-state index < -0.39 is 0 Å². The standard InChI is InChI=1S/C15H25FN2O/c1-5-18(7-8-19-6-2)15-9-11(3)14(16)10-13(15)12(4)17/h9-10,12H,5-8,17H2,1-4H3/t12-/m0/s1. The van der Waals surface area contributed by atoms with Crippen LogP contribution in [-0.4, -0.2) is 26.3 Å².